The van der Waals surface area contributed by atoms with Crippen LogP contribution in [-0.2, 0) is 6.54 Å². The van der Waals surface area contributed by atoms with Gasteiger partial charge in [0.05, 0.1) is 24.4 Å². The van der Waals surface area contributed by atoms with E-state index in [0.717, 1.165) is 23.6 Å². The predicted molar refractivity (Wildman–Crippen MR) is 92.7 cm³/mol. The highest BCUT2D eigenvalue weighted by molar-refractivity contribution is 5.40. The number of aromatic nitrogens is 2. The number of nitrogens with zero attached hydrogens (tertiary/aromatic N) is 4. The molecule has 0 aliphatic carbocycles. The zero-order valence-corrected chi connectivity index (χ0v) is 14.4. The third-order valence-corrected chi connectivity index (χ3v) is 4.55. The number of nitrogens with two attached hydrogens (primary N) is 1. The summed E-state index contributed by atoms with van der Waals surface area (Å²) in [6.07, 6.45) is 2.48. The molecule has 1 aliphatic rings. The van der Waals surface area contributed by atoms with Crippen molar-refractivity contribution in [1.29, 1.82) is 5.26 Å². The van der Waals surface area contributed by atoms with Gasteiger partial charge in [0, 0.05) is 24.2 Å². The van der Waals surface area contributed by atoms with Gasteiger partial charge in [0.1, 0.15) is 5.82 Å². The van der Waals surface area contributed by atoms with Gasteiger partial charge in [-0.2, -0.15) is 9.65 Å². The molecule has 1 fully saturated rings. The van der Waals surface area contributed by atoms with Gasteiger partial charge >= 0.3 is 0 Å². The Morgan fingerprint density at radius 1 is 1.38 bits per heavy atom. The summed E-state index contributed by atoms with van der Waals surface area (Å²) in [6.45, 7) is 2.66. The molecule has 1 aromatic carbocycles. The number of nitriles is 1. The van der Waals surface area contributed by atoms with Gasteiger partial charge in [0.15, 0.2) is 0 Å². The molecule has 0 bridgehead atoms. The lowest BCUT2D eigenvalue weighted by atomic mass is 9.93. The third-order valence-electron chi connectivity index (χ3n) is 4.55. The van der Waals surface area contributed by atoms with Crippen LogP contribution in [0.1, 0.15) is 30.9 Å². The van der Waals surface area contributed by atoms with E-state index in [4.69, 9.17) is 5.73 Å². The van der Waals surface area contributed by atoms with Crippen LogP contribution in [0, 0.1) is 23.0 Å². The first kappa shape index (κ1) is 18.0. The Balaban J connectivity index is 2.09. The summed E-state index contributed by atoms with van der Waals surface area (Å²) < 4.78 is 29.2. The largest absolute Gasteiger partial charge is 0.340 e. The van der Waals surface area contributed by atoms with Gasteiger partial charge in [0.25, 0.3) is 5.56 Å². The quantitative estimate of drug-likeness (QED) is 0.902. The minimum Gasteiger partial charge on any atom is -0.340 e. The van der Waals surface area contributed by atoms with E-state index >= 15 is 0 Å². The molecule has 6 nitrogen and oxygen atoms in total. The van der Waals surface area contributed by atoms with Crippen molar-refractivity contribution in [2.24, 2.45) is 5.73 Å². The SMILES string of the molecule is C[C@@]1(N)CCCN(c2ncc(F)c(=O)n2Cc2c(F)cccc2C#N)C1. The van der Waals surface area contributed by atoms with Crippen LogP contribution >= 0.6 is 0 Å². The third kappa shape index (κ3) is 3.44. The Kier molecular flexibility index (Phi) is 4.74. The minimum atomic E-state index is -1.03. The summed E-state index contributed by atoms with van der Waals surface area (Å²) in [7, 11) is 0. The van der Waals surface area contributed by atoms with Crippen LogP contribution < -0.4 is 16.2 Å². The molecule has 2 heterocycles. The number of piperidine rings is 1. The van der Waals surface area contributed by atoms with E-state index in [1.165, 1.54) is 18.2 Å². The van der Waals surface area contributed by atoms with Crippen molar-refractivity contribution in [3.8, 4) is 6.07 Å². The first-order valence-electron chi connectivity index (χ1n) is 8.29. The number of anilines is 1. The molecular weight excluding hydrogens is 340 g/mol. The van der Waals surface area contributed by atoms with Gasteiger partial charge in [-0.1, -0.05) is 6.07 Å². The number of rotatable bonds is 3. The zero-order valence-electron chi connectivity index (χ0n) is 14.4. The van der Waals surface area contributed by atoms with Gasteiger partial charge < -0.3 is 10.6 Å². The highest BCUT2D eigenvalue weighted by Gasteiger charge is 2.30. The molecule has 0 radical (unpaired) electrons. The van der Waals surface area contributed by atoms with Crippen LogP contribution in [0.5, 0.6) is 0 Å². The molecule has 1 aromatic heterocycles. The molecule has 0 spiro atoms. The van der Waals surface area contributed by atoms with E-state index in [0.29, 0.717) is 13.1 Å². The van der Waals surface area contributed by atoms with Crippen molar-refractivity contribution in [1.82, 2.24) is 9.55 Å². The Morgan fingerprint density at radius 2 is 2.15 bits per heavy atom. The maximum atomic E-state index is 14.2. The van der Waals surface area contributed by atoms with E-state index in [2.05, 4.69) is 4.98 Å². The van der Waals surface area contributed by atoms with Gasteiger partial charge in [-0.3, -0.25) is 9.36 Å². The number of benzene rings is 1. The van der Waals surface area contributed by atoms with Crippen molar-refractivity contribution < 1.29 is 8.78 Å². The lowest BCUT2D eigenvalue weighted by Gasteiger charge is -2.39. The fourth-order valence-corrected chi connectivity index (χ4v) is 3.27. The Labute approximate surface area is 149 Å². The van der Waals surface area contributed by atoms with Crippen molar-refractivity contribution >= 4 is 5.95 Å². The maximum absolute atomic E-state index is 14.2. The highest BCUT2D eigenvalue weighted by Crippen LogP contribution is 2.23. The summed E-state index contributed by atoms with van der Waals surface area (Å²) in [4.78, 5) is 18.3. The lowest BCUT2D eigenvalue weighted by Crippen LogP contribution is -2.53. The smallest absolute Gasteiger partial charge is 0.291 e. The Bertz CT molecular complexity index is 932. The average Bonchev–Trinajstić information content (AvgIpc) is 2.59. The van der Waals surface area contributed by atoms with Crippen molar-refractivity contribution in [2.45, 2.75) is 31.8 Å². The second-order valence-electron chi connectivity index (χ2n) is 6.85. The second kappa shape index (κ2) is 6.84. The number of hydrogen-bond donors (Lipinski definition) is 1. The van der Waals surface area contributed by atoms with Crippen molar-refractivity contribution in [2.75, 3.05) is 18.0 Å². The summed E-state index contributed by atoms with van der Waals surface area (Å²) in [5.74, 6) is -1.44. The molecule has 1 atom stereocenters. The predicted octanol–water partition coefficient (Wildman–Crippen LogP) is 1.76. The fraction of sp³-hybridized carbons (Fsp3) is 0.389. The molecule has 136 valence electrons. The Hall–Kier alpha value is -2.79. The van der Waals surface area contributed by atoms with E-state index in [-0.39, 0.29) is 23.6 Å². The second-order valence-corrected chi connectivity index (χ2v) is 6.85. The van der Waals surface area contributed by atoms with Gasteiger partial charge in [0.2, 0.25) is 11.8 Å². The van der Waals surface area contributed by atoms with Crippen LogP contribution in [0.2, 0.25) is 0 Å². The first-order chi connectivity index (χ1) is 12.3. The van der Waals surface area contributed by atoms with Crippen molar-refractivity contribution in [3.63, 3.8) is 0 Å². The van der Waals surface area contributed by atoms with Crippen LogP contribution in [0.4, 0.5) is 14.7 Å². The molecule has 2 N–H and O–H groups in total. The first-order valence-corrected chi connectivity index (χ1v) is 8.29. The lowest BCUT2D eigenvalue weighted by molar-refractivity contribution is 0.367. The molecular formula is C18H19F2N5O. The van der Waals surface area contributed by atoms with Gasteiger partial charge in [-0.05, 0) is 31.9 Å². The summed E-state index contributed by atoms with van der Waals surface area (Å²) in [5.41, 5.74) is 4.95. The number of hydrogen-bond acceptors (Lipinski definition) is 5. The van der Waals surface area contributed by atoms with Crippen LogP contribution in [-0.4, -0.2) is 28.2 Å². The average molecular weight is 359 g/mol. The van der Waals surface area contributed by atoms with E-state index in [1.807, 2.05) is 13.0 Å². The molecule has 1 saturated heterocycles. The highest BCUT2D eigenvalue weighted by atomic mass is 19.1. The van der Waals surface area contributed by atoms with E-state index in [1.54, 1.807) is 4.90 Å². The van der Waals surface area contributed by atoms with Gasteiger partial charge in [-0.25, -0.2) is 9.37 Å². The van der Waals surface area contributed by atoms with Crippen LogP contribution in [0.25, 0.3) is 0 Å². The topological polar surface area (TPSA) is 87.9 Å². The molecule has 0 amide bonds. The van der Waals surface area contributed by atoms with E-state index in [9.17, 15) is 18.8 Å². The molecule has 0 saturated carbocycles. The summed E-state index contributed by atoms with van der Waals surface area (Å²) in [5, 5.41) is 9.21. The van der Waals surface area contributed by atoms with Gasteiger partial charge in [-0.15, -0.1) is 0 Å². The van der Waals surface area contributed by atoms with Crippen LogP contribution in [0.15, 0.2) is 29.2 Å². The zero-order chi connectivity index (χ0) is 18.9. The fourth-order valence-electron chi connectivity index (χ4n) is 3.27. The molecule has 2 aromatic rings. The molecule has 26 heavy (non-hydrogen) atoms. The summed E-state index contributed by atoms with van der Waals surface area (Å²) in [6, 6.07) is 5.96. The maximum Gasteiger partial charge on any atom is 0.291 e. The number of halogens is 2. The molecule has 0 unspecified atom stereocenters. The molecule has 3 rings (SSSR count). The monoisotopic (exact) mass is 359 g/mol. The Morgan fingerprint density at radius 3 is 2.85 bits per heavy atom. The molecule has 1 aliphatic heterocycles. The minimum absolute atomic E-state index is 0.0262. The standard InChI is InChI=1S/C18H19F2N5O/c1-18(22)6-3-7-24(11-18)17-23-9-15(20)16(26)25(17)10-13-12(8-21)4-2-5-14(13)19/h2,4-5,9H,3,6-7,10-11,22H2,1H3/t18-/m1/s1. The van der Waals surface area contributed by atoms with Crippen molar-refractivity contribution in [3.05, 3.63) is 57.5 Å². The van der Waals surface area contributed by atoms with Crippen LogP contribution in [0.3, 0.4) is 0 Å². The van der Waals surface area contributed by atoms with E-state index < -0.39 is 22.7 Å². The molecule has 8 heteroatoms. The summed E-state index contributed by atoms with van der Waals surface area (Å²) >= 11 is 0. The normalized spacial score (nSPS) is 20.0.